The zero-order valence-electron chi connectivity index (χ0n) is 16.3. The molecule has 0 bridgehead atoms. The highest BCUT2D eigenvalue weighted by atomic mass is 16.2. The summed E-state index contributed by atoms with van der Waals surface area (Å²) < 4.78 is 0. The Morgan fingerprint density at radius 1 is 1.11 bits per heavy atom. The fourth-order valence-electron chi connectivity index (χ4n) is 3.67. The van der Waals surface area contributed by atoms with Crippen molar-refractivity contribution in [2.24, 2.45) is 11.8 Å². The monoisotopic (exact) mass is 366 g/mol. The van der Waals surface area contributed by atoms with Crippen LogP contribution in [0.5, 0.6) is 0 Å². The molecule has 0 spiro atoms. The average Bonchev–Trinajstić information content (AvgIpc) is 2.62. The van der Waals surface area contributed by atoms with E-state index in [0.29, 0.717) is 34.6 Å². The number of aromatic nitrogens is 2. The van der Waals surface area contributed by atoms with E-state index in [0.717, 1.165) is 25.1 Å². The smallest absolute Gasteiger partial charge is 0.274 e. The van der Waals surface area contributed by atoms with E-state index in [-0.39, 0.29) is 11.8 Å². The van der Waals surface area contributed by atoms with Crippen LogP contribution in [0.2, 0.25) is 0 Å². The summed E-state index contributed by atoms with van der Waals surface area (Å²) in [5.74, 6) is 1.25. The lowest BCUT2D eigenvalue weighted by Gasteiger charge is -2.35. The second-order valence-corrected chi connectivity index (χ2v) is 7.63. The number of rotatable bonds is 3. The zero-order chi connectivity index (χ0) is 19.6. The number of anilines is 1. The first-order chi connectivity index (χ1) is 12.8. The maximum atomic E-state index is 12.9. The quantitative estimate of drug-likeness (QED) is 0.903. The number of carbonyl (C=O) groups excluding carboxylic acids is 2. The highest BCUT2D eigenvalue weighted by Gasteiger charge is 2.26. The van der Waals surface area contributed by atoms with E-state index in [2.05, 4.69) is 29.1 Å². The summed E-state index contributed by atoms with van der Waals surface area (Å²) in [7, 11) is 0. The zero-order valence-corrected chi connectivity index (χ0v) is 16.3. The van der Waals surface area contributed by atoms with Crippen LogP contribution in [-0.4, -0.2) is 39.8 Å². The van der Waals surface area contributed by atoms with Gasteiger partial charge in [0.1, 0.15) is 11.5 Å². The molecule has 1 saturated heterocycles. The molecule has 27 heavy (non-hydrogen) atoms. The number of likely N-dealkylation sites (tertiary alicyclic amines) is 1. The molecule has 2 atom stereocenters. The minimum absolute atomic E-state index is 0.0155. The molecule has 3 rings (SSSR count). The predicted octanol–water partition coefficient (Wildman–Crippen LogP) is 3.46. The lowest BCUT2D eigenvalue weighted by atomic mass is 9.91. The predicted molar refractivity (Wildman–Crippen MR) is 105 cm³/mol. The molecule has 2 heterocycles. The molecule has 0 radical (unpaired) electrons. The first-order valence-corrected chi connectivity index (χ1v) is 9.34. The van der Waals surface area contributed by atoms with Crippen LogP contribution < -0.4 is 5.32 Å². The van der Waals surface area contributed by atoms with E-state index in [9.17, 15) is 9.59 Å². The maximum absolute atomic E-state index is 12.9. The Hall–Kier alpha value is -2.76. The fraction of sp³-hybridized carbons (Fsp3) is 0.429. The van der Waals surface area contributed by atoms with Crippen molar-refractivity contribution in [2.45, 2.75) is 34.1 Å². The van der Waals surface area contributed by atoms with E-state index in [1.807, 2.05) is 24.0 Å². The van der Waals surface area contributed by atoms with Crippen molar-refractivity contribution < 1.29 is 9.59 Å². The number of aryl methyl sites for hydroxylation is 2. The maximum Gasteiger partial charge on any atom is 0.274 e. The van der Waals surface area contributed by atoms with Crippen molar-refractivity contribution in [3.63, 3.8) is 0 Å². The Morgan fingerprint density at radius 2 is 1.81 bits per heavy atom. The van der Waals surface area contributed by atoms with E-state index >= 15 is 0 Å². The number of amides is 2. The Balaban J connectivity index is 1.79. The lowest BCUT2D eigenvalue weighted by molar-refractivity contribution is 0.0623. The van der Waals surface area contributed by atoms with Gasteiger partial charge in [-0.15, -0.1) is 0 Å². The number of piperidine rings is 1. The Kier molecular flexibility index (Phi) is 5.54. The molecule has 6 heteroatoms. The molecular formula is C21H26N4O2. The molecule has 1 aliphatic heterocycles. The molecular weight excluding hydrogens is 340 g/mol. The number of hydrogen-bond acceptors (Lipinski definition) is 4. The minimum atomic E-state index is -0.312. The molecule has 6 nitrogen and oxygen atoms in total. The summed E-state index contributed by atoms with van der Waals surface area (Å²) in [4.78, 5) is 35.5. The molecule has 1 fully saturated rings. The van der Waals surface area contributed by atoms with Crippen LogP contribution in [-0.2, 0) is 0 Å². The first kappa shape index (κ1) is 19.0. The van der Waals surface area contributed by atoms with Crippen LogP contribution in [0.25, 0.3) is 0 Å². The van der Waals surface area contributed by atoms with Crippen LogP contribution in [0.3, 0.4) is 0 Å². The van der Waals surface area contributed by atoms with Gasteiger partial charge in [0.25, 0.3) is 11.8 Å². The van der Waals surface area contributed by atoms with Gasteiger partial charge in [-0.1, -0.05) is 19.9 Å². The third kappa shape index (κ3) is 4.51. The van der Waals surface area contributed by atoms with Gasteiger partial charge >= 0.3 is 0 Å². The van der Waals surface area contributed by atoms with Gasteiger partial charge in [-0.05, 0) is 55.9 Å². The van der Waals surface area contributed by atoms with Crippen molar-refractivity contribution in [1.29, 1.82) is 0 Å². The number of benzene rings is 1. The van der Waals surface area contributed by atoms with Gasteiger partial charge in [0, 0.05) is 30.5 Å². The lowest BCUT2D eigenvalue weighted by Crippen LogP contribution is -2.42. The van der Waals surface area contributed by atoms with Crippen molar-refractivity contribution in [1.82, 2.24) is 14.9 Å². The Labute approximate surface area is 160 Å². The largest absolute Gasteiger partial charge is 0.338 e. The van der Waals surface area contributed by atoms with Crippen molar-refractivity contribution in [2.75, 3.05) is 18.4 Å². The second kappa shape index (κ2) is 7.86. The first-order valence-electron chi connectivity index (χ1n) is 9.34. The van der Waals surface area contributed by atoms with Crippen LogP contribution >= 0.6 is 0 Å². The third-order valence-corrected chi connectivity index (χ3v) is 4.90. The minimum Gasteiger partial charge on any atom is -0.338 e. The van der Waals surface area contributed by atoms with Gasteiger partial charge in [0.05, 0.1) is 0 Å². The Morgan fingerprint density at radius 3 is 2.48 bits per heavy atom. The Bertz CT molecular complexity index is 855. The van der Waals surface area contributed by atoms with Gasteiger partial charge in [0.2, 0.25) is 0 Å². The highest BCUT2D eigenvalue weighted by molar-refractivity contribution is 6.04. The van der Waals surface area contributed by atoms with Gasteiger partial charge in [-0.2, -0.15) is 0 Å². The topological polar surface area (TPSA) is 75.2 Å². The standard InChI is InChI=1S/C21H26N4O2/c1-13-9-14(2)12-25(11-13)21(27)17-6-5-15(3)19(10-17)24-20(26)18-7-8-22-16(4)23-18/h5-8,10,13-14H,9,11-12H2,1-4H3,(H,24,26). The van der Waals surface area contributed by atoms with Gasteiger partial charge in [0.15, 0.2) is 0 Å². The fourth-order valence-corrected chi connectivity index (χ4v) is 3.67. The summed E-state index contributed by atoms with van der Waals surface area (Å²) in [6.07, 6.45) is 2.71. The number of hydrogen-bond donors (Lipinski definition) is 1. The summed E-state index contributed by atoms with van der Waals surface area (Å²) >= 11 is 0. The van der Waals surface area contributed by atoms with Crippen LogP contribution in [0.1, 0.15) is 52.5 Å². The third-order valence-electron chi connectivity index (χ3n) is 4.90. The molecule has 1 aromatic heterocycles. The molecule has 142 valence electrons. The van der Waals surface area contributed by atoms with E-state index in [4.69, 9.17) is 0 Å². The summed E-state index contributed by atoms with van der Waals surface area (Å²) in [5, 5.41) is 2.87. The SMILES string of the molecule is Cc1nccc(C(=O)Nc2cc(C(=O)N3CC(C)CC(C)C3)ccc2C)n1. The number of nitrogens with zero attached hydrogens (tertiary/aromatic N) is 3. The van der Waals surface area contributed by atoms with E-state index in [1.54, 1.807) is 25.3 Å². The number of nitrogens with one attached hydrogen (secondary N) is 1. The molecule has 0 aliphatic carbocycles. The van der Waals surface area contributed by atoms with Crippen LogP contribution in [0.15, 0.2) is 30.5 Å². The highest BCUT2D eigenvalue weighted by Crippen LogP contribution is 2.24. The summed E-state index contributed by atoms with van der Waals surface area (Å²) in [6.45, 7) is 9.56. The summed E-state index contributed by atoms with van der Waals surface area (Å²) in [6, 6.07) is 7.02. The molecule has 1 aromatic carbocycles. The van der Waals surface area contributed by atoms with Crippen LogP contribution in [0.4, 0.5) is 5.69 Å². The van der Waals surface area contributed by atoms with Crippen molar-refractivity contribution in [3.05, 3.63) is 53.1 Å². The molecule has 2 aromatic rings. The summed E-state index contributed by atoms with van der Waals surface area (Å²) in [5.41, 5.74) is 2.42. The second-order valence-electron chi connectivity index (χ2n) is 7.63. The molecule has 1 N–H and O–H groups in total. The number of carbonyl (C=O) groups is 2. The van der Waals surface area contributed by atoms with Gasteiger partial charge < -0.3 is 10.2 Å². The average molecular weight is 366 g/mol. The molecule has 0 saturated carbocycles. The van der Waals surface area contributed by atoms with E-state index in [1.165, 1.54) is 0 Å². The van der Waals surface area contributed by atoms with Crippen molar-refractivity contribution in [3.8, 4) is 0 Å². The van der Waals surface area contributed by atoms with E-state index < -0.39 is 0 Å². The normalized spacial score (nSPS) is 19.6. The molecule has 2 unspecified atom stereocenters. The molecule has 1 aliphatic rings. The van der Waals surface area contributed by atoms with Crippen LogP contribution in [0, 0.1) is 25.7 Å². The molecule has 2 amide bonds. The van der Waals surface area contributed by atoms with Gasteiger partial charge in [-0.25, -0.2) is 9.97 Å². The van der Waals surface area contributed by atoms with Crippen molar-refractivity contribution >= 4 is 17.5 Å². The van der Waals surface area contributed by atoms with Gasteiger partial charge in [-0.3, -0.25) is 9.59 Å².